The number of benzene rings is 1. The van der Waals surface area contributed by atoms with E-state index >= 15 is 0 Å². The van der Waals surface area contributed by atoms with Gasteiger partial charge >= 0.3 is 6.09 Å². The second kappa shape index (κ2) is 4.45. The van der Waals surface area contributed by atoms with Gasteiger partial charge in [0.05, 0.1) is 24.0 Å². The molecule has 0 bridgehead atoms. The minimum Gasteiger partial charge on any atom is -0.449 e. The lowest BCUT2D eigenvalue weighted by atomic mass is 10.2. The number of hydrogen-bond donors (Lipinski definition) is 0. The van der Waals surface area contributed by atoms with Crippen LogP contribution in [0.1, 0.15) is 6.92 Å². The second-order valence-corrected chi connectivity index (χ2v) is 3.79. The van der Waals surface area contributed by atoms with Crippen molar-refractivity contribution in [2.75, 3.05) is 18.6 Å². The normalized spacial score (nSPS) is 10.5. The standard InChI is InChI=1S/C12H15N3O2/c1-4-17-12(16)15(3)9-5-6-11-10(7-9)13-8-14(11)2/h5-8H,4H2,1-3H3. The summed E-state index contributed by atoms with van der Waals surface area (Å²) >= 11 is 0. The molecule has 0 N–H and O–H groups in total. The van der Waals surface area contributed by atoms with Gasteiger partial charge < -0.3 is 9.30 Å². The average molecular weight is 233 g/mol. The lowest BCUT2D eigenvalue weighted by Crippen LogP contribution is -2.26. The van der Waals surface area contributed by atoms with Crippen LogP contribution >= 0.6 is 0 Å². The zero-order valence-electron chi connectivity index (χ0n) is 10.2. The van der Waals surface area contributed by atoms with Gasteiger partial charge in [-0.2, -0.15) is 0 Å². The maximum atomic E-state index is 11.6. The Morgan fingerprint density at radius 3 is 3.00 bits per heavy atom. The van der Waals surface area contributed by atoms with Gasteiger partial charge in [0, 0.05) is 19.8 Å². The van der Waals surface area contributed by atoms with Crippen molar-refractivity contribution >= 4 is 22.8 Å². The fraction of sp³-hybridized carbons (Fsp3) is 0.333. The molecule has 0 aliphatic heterocycles. The predicted octanol–water partition coefficient (Wildman–Crippen LogP) is 2.17. The molecule has 90 valence electrons. The van der Waals surface area contributed by atoms with E-state index in [1.54, 1.807) is 20.3 Å². The first-order valence-corrected chi connectivity index (χ1v) is 5.45. The third-order valence-corrected chi connectivity index (χ3v) is 2.64. The Hall–Kier alpha value is -2.04. The summed E-state index contributed by atoms with van der Waals surface area (Å²) in [5.74, 6) is 0. The molecular formula is C12H15N3O2. The highest BCUT2D eigenvalue weighted by atomic mass is 16.6. The highest BCUT2D eigenvalue weighted by Crippen LogP contribution is 2.20. The Bertz CT molecular complexity index is 548. The van der Waals surface area contributed by atoms with Crippen LogP contribution in [0.5, 0.6) is 0 Å². The average Bonchev–Trinajstić information content (AvgIpc) is 2.70. The van der Waals surface area contributed by atoms with Gasteiger partial charge in [-0.1, -0.05) is 0 Å². The lowest BCUT2D eigenvalue weighted by molar-refractivity contribution is 0.161. The van der Waals surface area contributed by atoms with Crippen LogP contribution in [0.2, 0.25) is 0 Å². The third-order valence-electron chi connectivity index (χ3n) is 2.64. The van der Waals surface area contributed by atoms with Gasteiger partial charge in [0.1, 0.15) is 0 Å². The van der Waals surface area contributed by atoms with Crippen molar-refractivity contribution in [2.45, 2.75) is 6.92 Å². The summed E-state index contributed by atoms with van der Waals surface area (Å²) in [5.41, 5.74) is 2.67. The van der Waals surface area contributed by atoms with Crippen LogP contribution < -0.4 is 4.90 Å². The monoisotopic (exact) mass is 233 g/mol. The van der Waals surface area contributed by atoms with Crippen LogP contribution in [0, 0.1) is 0 Å². The fourth-order valence-corrected chi connectivity index (χ4v) is 1.66. The van der Waals surface area contributed by atoms with Crippen molar-refractivity contribution in [3.05, 3.63) is 24.5 Å². The van der Waals surface area contributed by atoms with Crippen LogP contribution in [-0.2, 0) is 11.8 Å². The van der Waals surface area contributed by atoms with Crippen molar-refractivity contribution in [2.24, 2.45) is 7.05 Å². The molecular weight excluding hydrogens is 218 g/mol. The molecule has 0 fully saturated rings. The predicted molar refractivity (Wildman–Crippen MR) is 66.1 cm³/mol. The molecule has 5 nitrogen and oxygen atoms in total. The summed E-state index contributed by atoms with van der Waals surface area (Å²) < 4.78 is 6.87. The quantitative estimate of drug-likeness (QED) is 0.798. The minimum atomic E-state index is -0.359. The summed E-state index contributed by atoms with van der Waals surface area (Å²) in [7, 11) is 3.62. The molecule has 0 spiro atoms. The number of fused-ring (bicyclic) bond motifs is 1. The number of aromatic nitrogens is 2. The van der Waals surface area contributed by atoms with E-state index in [1.807, 2.05) is 29.8 Å². The van der Waals surface area contributed by atoms with E-state index in [9.17, 15) is 4.79 Å². The molecule has 1 aromatic carbocycles. The molecule has 0 saturated heterocycles. The van der Waals surface area contributed by atoms with Crippen LogP contribution in [0.3, 0.4) is 0 Å². The summed E-state index contributed by atoms with van der Waals surface area (Å²) in [5, 5.41) is 0. The third kappa shape index (κ3) is 2.08. The number of carbonyl (C=O) groups is 1. The smallest absolute Gasteiger partial charge is 0.413 e. The van der Waals surface area contributed by atoms with Crippen LogP contribution in [0.4, 0.5) is 10.5 Å². The zero-order valence-corrected chi connectivity index (χ0v) is 10.2. The fourth-order valence-electron chi connectivity index (χ4n) is 1.66. The number of rotatable bonds is 2. The topological polar surface area (TPSA) is 47.4 Å². The summed E-state index contributed by atoms with van der Waals surface area (Å²) in [4.78, 5) is 17.3. The Morgan fingerprint density at radius 2 is 2.29 bits per heavy atom. The van der Waals surface area contributed by atoms with Crippen LogP contribution in [-0.4, -0.2) is 29.3 Å². The molecule has 0 aliphatic rings. The molecule has 1 amide bonds. The van der Waals surface area contributed by atoms with E-state index in [0.29, 0.717) is 6.61 Å². The van der Waals surface area contributed by atoms with Gasteiger partial charge in [0.15, 0.2) is 0 Å². The molecule has 0 aliphatic carbocycles. The Kier molecular flexibility index (Phi) is 2.99. The highest BCUT2D eigenvalue weighted by molar-refractivity contribution is 5.90. The first-order valence-electron chi connectivity index (χ1n) is 5.45. The van der Waals surface area contributed by atoms with Gasteiger partial charge in [0.25, 0.3) is 0 Å². The Morgan fingerprint density at radius 1 is 1.53 bits per heavy atom. The molecule has 2 aromatic rings. The number of amides is 1. The molecule has 0 radical (unpaired) electrons. The van der Waals surface area contributed by atoms with E-state index in [1.165, 1.54) is 4.90 Å². The first kappa shape index (κ1) is 11.4. The lowest BCUT2D eigenvalue weighted by Gasteiger charge is -2.16. The van der Waals surface area contributed by atoms with Gasteiger partial charge in [0.2, 0.25) is 0 Å². The van der Waals surface area contributed by atoms with Gasteiger partial charge in [-0.15, -0.1) is 0 Å². The largest absolute Gasteiger partial charge is 0.449 e. The maximum Gasteiger partial charge on any atom is 0.413 e. The molecule has 0 saturated carbocycles. The number of hydrogen-bond acceptors (Lipinski definition) is 3. The minimum absolute atomic E-state index is 0.359. The number of carbonyl (C=O) groups excluding carboxylic acids is 1. The molecule has 0 atom stereocenters. The van der Waals surface area contributed by atoms with E-state index < -0.39 is 0 Å². The summed E-state index contributed by atoms with van der Waals surface area (Å²) in [6.45, 7) is 2.16. The molecule has 1 aromatic heterocycles. The second-order valence-electron chi connectivity index (χ2n) is 3.79. The van der Waals surface area contributed by atoms with E-state index in [4.69, 9.17) is 4.74 Å². The number of aryl methyl sites for hydroxylation is 1. The van der Waals surface area contributed by atoms with E-state index in [2.05, 4.69) is 4.98 Å². The van der Waals surface area contributed by atoms with Crippen molar-refractivity contribution in [1.29, 1.82) is 0 Å². The highest BCUT2D eigenvalue weighted by Gasteiger charge is 2.12. The first-order chi connectivity index (χ1) is 8.13. The van der Waals surface area contributed by atoms with Crippen molar-refractivity contribution in [3.63, 3.8) is 0 Å². The van der Waals surface area contributed by atoms with Gasteiger partial charge in [-0.3, -0.25) is 4.90 Å². The van der Waals surface area contributed by atoms with Gasteiger partial charge in [-0.25, -0.2) is 9.78 Å². The van der Waals surface area contributed by atoms with Crippen molar-refractivity contribution < 1.29 is 9.53 Å². The number of imidazole rings is 1. The molecule has 2 rings (SSSR count). The van der Waals surface area contributed by atoms with Crippen LogP contribution in [0.15, 0.2) is 24.5 Å². The van der Waals surface area contributed by atoms with E-state index in [-0.39, 0.29) is 6.09 Å². The maximum absolute atomic E-state index is 11.6. The SMILES string of the molecule is CCOC(=O)N(C)c1ccc2c(c1)ncn2C. The molecule has 0 unspecified atom stereocenters. The van der Waals surface area contributed by atoms with Crippen LogP contribution in [0.25, 0.3) is 11.0 Å². The summed E-state index contributed by atoms with van der Waals surface area (Å²) in [6.07, 6.45) is 1.39. The Labute approximate surface area is 99.6 Å². The van der Waals surface area contributed by atoms with Gasteiger partial charge in [-0.05, 0) is 25.1 Å². The zero-order chi connectivity index (χ0) is 12.4. The number of ether oxygens (including phenoxy) is 1. The Balaban J connectivity index is 2.33. The summed E-state index contributed by atoms with van der Waals surface area (Å²) in [6, 6.07) is 5.68. The number of nitrogens with zero attached hydrogens (tertiary/aromatic N) is 3. The van der Waals surface area contributed by atoms with Crippen molar-refractivity contribution in [1.82, 2.24) is 9.55 Å². The number of anilines is 1. The molecule has 17 heavy (non-hydrogen) atoms. The van der Waals surface area contributed by atoms with E-state index in [0.717, 1.165) is 16.7 Å². The molecule has 1 heterocycles. The van der Waals surface area contributed by atoms with Crippen molar-refractivity contribution in [3.8, 4) is 0 Å². The molecule has 5 heteroatoms.